The summed E-state index contributed by atoms with van der Waals surface area (Å²) < 4.78 is 9.82. The third kappa shape index (κ3) is 8.15. The molecule has 0 radical (unpaired) electrons. The van der Waals surface area contributed by atoms with E-state index in [1.807, 2.05) is 0 Å². The second-order valence-electron chi connectivity index (χ2n) is 4.43. The molecule has 0 aliphatic rings. The van der Waals surface area contributed by atoms with Crippen LogP contribution in [-0.4, -0.2) is 38.4 Å². The molecule has 23 heavy (non-hydrogen) atoms. The lowest BCUT2D eigenvalue weighted by Crippen LogP contribution is -2.30. The summed E-state index contributed by atoms with van der Waals surface area (Å²) in [6.45, 7) is 0.629. The van der Waals surface area contributed by atoms with Crippen LogP contribution in [0.15, 0.2) is 24.3 Å². The van der Waals surface area contributed by atoms with Crippen molar-refractivity contribution in [3.05, 3.63) is 29.8 Å². The molecule has 0 saturated heterocycles. The number of amides is 4. The number of rotatable bonds is 7. The predicted molar refractivity (Wildman–Crippen MR) is 82.9 cm³/mol. The van der Waals surface area contributed by atoms with Gasteiger partial charge in [-0.1, -0.05) is 12.1 Å². The summed E-state index contributed by atoms with van der Waals surface area (Å²) in [5.41, 5.74) is 6.23. The Morgan fingerprint density at radius 2 is 1.78 bits per heavy atom. The number of carbonyl (C=O) groups excluding carboxylic acids is 3. The lowest BCUT2D eigenvalue weighted by molar-refractivity contribution is 0.142. The van der Waals surface area contributed by atoms with Gasteiger partial charge in [0.15, 0.2) is 0 Å². The lowest BCUT2D eigenvalue weighted by atomic mass is 10.2. The van der Waals surface area contributed by atoms with E-state index in [0.29, 0.717) is 18.7 Å². The molecule has 1 aromatic carbocycles. The summed E-state index contributed by atoms with van der Waals surface area (Å²) in [7, 11) is 1.48. The van der Waals surface area contributed by atoms with Gasteiger partial charge in [0, 0.05) is 19.3 Å². The summed E-state index contributed by atoms with van der Waals surface area (Å²) in [6.07, 6.45) is -0.647. The Bertz CT molecular complexity index is 532. The zero-order valence-electron chi connectivity index (χ0n) is 12.8. The van der Waals surface area contributed by atoms with Gasteiger partial charge in [-0.25, -0.2) is 14.4 Å². The van der Waals surface area contributed by atoms with Gasteiger partial charge in [-0.15, -0.1) is 0 Å². The van der Waals surface area contributed by atoms with Crippen molar-refractivity contribution in [3.63, 3.8) is 0 Å². The number of primary amides is 1. The number of nitrogens with two attached hydrogens (primary N) is 1. The van der Waals surface area contributed by atoms with Crippen molar-refractivity contribution in [2.75, 3.05) is 25.5 Å². The fraction of sp³-hybridized carbons (Fsp3) is 0.357. The molecule has 1 rings (SSSR count). The zero-order valence-corrected chi connectivity index (χ0v) is 12.8. The molecule has 9 nitrogen and oxygen atoms in total. The Morgan fingerprint density at radius 3 is 2.39 bits per heavy atom. The summed E-state index contributed by atoms with van der Waals surface area (Å²) in [5.74, 6) is 0. The first kappa shape index (κ1) is 18.1. The van der Waals surface area contributed by atoms with Gasteiger partial charge >= 0.3 is 18.2 Å². The van der Waals surface area contributed by atoms with Crippen molar-refractivity contribution in [2.24, 2.45) is 5.73 Å². The number of hydrogen-bond acceptors (Lipinski definition) is 5. The smallest absolute Gasteiger partial charge is 0.411 e. The number of nitrogens with one attached hydrogen (secondary N) is 3. The van der Waals surface area contributed by atoms with Gasteiger partial charge < -0.3 is 25.8 Å². The molecule has 1 aromatic rings. The quantitative estimate of drug-likeness (QED) is 0.559. The van der Waals surface area contributed by atoms with Gasteiger partial charge in [0.05, 0.1) is 6.61 Å². The van der Waals surface area contributed by atoms with Crippen LogP contribution >= 0.6 is 0 Å². The Kier molecular flexibility index (Phi) is 7.76. The maximum absolute atomic E-state index is 11.5. The monoisotopic (exact) mass is 324 g/mol. The molecule has 0 saturated carbocycles. The third-order valence-corrected chi connectivity index (χ3v) is 2.63. The highest BCUT2D eigenvalue weighted by Crippen LogP contribution is 2.10. The van der Waals surface area contributed by atoms with Crippen molar-refractivity contribution < 1.29 is 23.9 Å². The normalized spacial score (nSPS) is 9.61. The highest BCUT2D eigenvalue weighted by Gasteiger charge is 2.04. The number of carbonyl (C=O) groups is 3. The second-order valence-corrected chi connectivity index (χ2v) is 4.43. The molecule has 0 aliphatic heterocycles. The van der Waals surface area contributed by atoms with Crippen LogP contribution in [0.4, 0.5) is 20.1 Å². The van der Waals surface area contributed by atoms with E-state index in [9.17, 15) is 14.4 Å². The molecule has 0 fully saturated rings. The summed E-state index contributed by atoms with van der Waals surface area (Å²) in [4.78, 5) is 32.9. The molecule has 0 atom stereocenters. The molecule has 0 bridgehead atoms. The predicted octanol–water partition coefficient (Wildman–Crippen LogP) is 1.15. The van der Waals surface area contributed by atoms with Crippen LogP contribution in [0.2, 0.25) is 0 Å². The van der Waals surface area contributed by atoms with Crippen LogP contribution in [0, 0.1) is 0 Å². The van der Waals surface area contributed by atoms with Gasteiger partial charge in [-0.3, -0.25) is 5.32 Å². The summed E-state index contributed by atoms with van der Waals surface area (Å²) >= 11 is 0. The van der Waals surface area contributed by atoms with E-state index in [-0.39, 0.29) is 13.2 Å². The molecule has 0 aromatic heterocycles. The van der Waals surface area contributed by atoms with Crippen molar-refractivity contribution in [1.29, 1.82) is 0 Å². The minimum absolute atomic E-state index is 0.136. The molecular formula is C14H20N4O5. The van der Waals surface area contributed by atoms with Crippen LogP contribution < -0.4 is 21.7 Å². The van der Waals surface area contributed by atoms with E-state index in [0.717, 1.165) is 5.56 Å². The van der Waals surface area contributed by atoms with Crippen molar-refractivity contribution >= 4 is 23.9 Å². The fourth-order valence-corrected chi connectivity index (χ4v) is 1.51. The Labute approximate surface area is 133 Å². The molecule has 0 aliphatic carbocycles. The minimum atomic E-state index is -0.616. The molecule has 0 heterocycles. The van der Waals surface area contributed by atoms with E-state index in [1.54, 1.807) is 24.3 Å². The van der Waals surface area contributed by atoms with Crippen LogP contribution in [0.3, 0.4) is 0 Å². The topological polar surface area (TPSA) is 132 Å². The molecular weight excluding hydrogens is 304 g/mol. The molecule has 0 spiro atoms. The number of ether oxygens (including phenoxy) is 2. The SMILES string of the molecule is CNC(=O)OCc1ccc(NC(=O)OCCCNC(N)=O)cc1. The van der Waals surface area contributed by atoms with E-state index in [2.05, 4.69) is 16.0 Å². The first-order valence-corrected chi connectivity index (χ1v) is 6.92. The van der Waals surface area contributed by atoms with Gasteiger partial charge in [0.1, 0.15) is 6.61 Å². The number of alkyl carbamates (subject to hydrolysis) is 1. The molecule has 9 heteroatoms. The highest BCUT2D eigenvalue weighted by molar-refractivity contribution is 5.84. The largest absolute Gasteiger partial charge is 0.449 e. The summed E-state index contributed by atoms with van der Waals surface area (Å²) in [5, 5.41) is 7.28. The standard InChI is InChI=1S/C14H20N4O5/c1-16-13(20)23-9-10-3-5-11(6-4-10)18-14(21)22-8-2-7-17-12(15)19/h3-6H,2,7-9H2,1H3,(H,16,20)(H,18,21)(H3,15,17,19). The van der Waals surface area contributed by atoms with E-state index in [1.165, 1.54) is 7.05 Å². The van der Waals surface area contributed by atoms with Crippen molar-refractivity contribution in [2.45, 2.75) is 13.0 Å². The van der Waals surface area contributed by atoms with Gasteiger partial charge in [-0.2, -0.15) is 0 Å². The Balaban J connectivity index is 2.27. The minimum Gasteiger partial charge on any atom is -0.449 e. The zero-order chi connectivity index (χ0) is 17.1. The first-order chi connectivity index (χ1) is 11.0. The lowest BCUT2D eigenvalue weighted by Gasteiger charge is -2.08. The van der Waals surface area contributed by atoms with Crippen LogP contribution in [0.1, 0.15) is 12.0 Å². The number of hydrogen-bond donors (Lipinski definition) is 4. The Hall–Kier alpha value is -2.97. The van der Waals surface area contributed by atoms with Crippen LogP contribution in [-0.2, 0) is 16.1 Å². The van der Waals surface area contributed by atoms with Crippen LogP contribution in [0.5, 0.6) is 0 Å². The average Bonchev–Trinajstić information content (AvgIpc) is 2.53. The Morgan fingerprint density at radius 1 is 1.09 bits per heavy atom. The van der Waals surface area contributed by atoms with Gasteiger partial charge in [-0.05, 0) is 24.1 Å². The number of anilines is 1. The number of urea groups is 1. The summed E-state index contributed by atoms with van der Waals surface area (Å²) in [6, 6.07) is 6.15. The first-order valence-electron chi connectivity index (χ1n) is 6.92. The molecule has 5 N–H and O–H groups in total. The van der Waals surface area contributed by atoms with Crippen molar-refractivity contribution in [1.82, 2.24) is 10.6 Å². The molecule has 126 valence electrons. The van der Waals surface area contributed by atoms with Crippen molar-refractivity contribution in [3.8, 4) is 0 Å². The molecule has 4 amide bonds. The second kappa shape index (κ2) is 9.87. The van der Waals surface area contributed by atoms with Gasteiger partial charge in [0.2, 0.25) is 0 Å². The van der Waals surface area contributed by atoms with Crippen LogP contribution in [0.25, 0.3) is 0 Å². The highest BCUT2D eigenvalue weighted by atomic mass is 16.6. The number of benzene rings is 1. The molecule has 0 unspecified atom stereocenters. The maximum atomic E-state index is 11.5. The fourth-order valence-electron chi connectivity index (χ4n) is 1.51. The van der Waals surface area contributed by atoms with E-state index in [4.69, 9.17) is 15.2 Å². The average molecular weight is 324 g/mol. The van der Waals surface area contributed by atoms with Gasteiger partial charge in [0.25, 0.3) is 0 Å². The van der Waals surface area contributed by atoms with E-state index < -0.39 is 18.2 Å². The van der Waals surface area contributed by atoms with E-state index >= 15 is 0 Å². The third-order valence-electron chi connectivity index (χ3n) is 2.63. The maximum Gasteiger partial charge on any atom is 0.411 e.